The summed E-state index contributed by atoms with van der Waals surface area (Å²) in [6.45, 7) is 2.95. The third kappa shape index (κ3) is 5.28. The predicted molar refractivity (Wildman–Crippen MR) is 107 cm³/mol. The second-order valence-electron chi connectivity index (χ2n) is 7.49. The minimum absolute atomic E-state index is 0.122. The lowest BCUT2D eigenvalue weighted by atomic mass is 9.93. The third-order valence-electron chi connectivity index (χ3n) is 5.23. The fraction of sp³-hybridized carbons (Fsp3) is 0.429. The number of aromatic nitrogens is 2. The number of nitrogens with zero attached hydrogens (tertiary/aromatic N) is 3. The first kappa shape index (κ1) is 20.7. The van der Waals surface area contributed by atoms with Gasteiger partial charge in [-0.05, 0) is 61.9 Å². The molecule has 8 heteroatoms. The van der Waals surface area contributed by atoms with Gasteiger partial charge in [-0.25, -0.2) is 9.07 Å². The zero-order valence-electron chi connectivity index (χ0n) is 16.7. The largest absolute Gasteiger partial charge is 0.337 e. The first-order chi connectivity index (χ1) is 13.8. The third-order valence-corrected chi connectivity index (χ3v) is 5.23. The van der Waals surface area contributed by atoms with E-state index in [-0.39, 0.29) is 34.8 Å². The van der Waals surface area contributed by atoms with E-state index in [2.05, 4.69) is 10.4 Å². The Labute approximate surface area is 168 Å². The Morgan fingerprint density at radius 3 is 2.79 bits per heavy atom. The molecule has 0 saturated carbocycles. The van der Waals surface area contributed by atoms with Crippen molar-refractivity contribution < 1.29 is 14.0 Å². The van der Waals surface area contributed by atoms with Crippen molar-refractivity contribution in [2.75, 3.05) is 18.4 Å². The number of nitrogens with one attached hydrogen (secondary N) is 1. The van der Waals surface area contributed by atoms with Crippen molar-refractivity contribution in [2.24, 2.45) is 13.0 Å². The summed E-state index contributed by atoms with van der Waals surface area (Å²) in [5, 5.41) is 6.85. The van der Waals surface area contributed by atoms with Gasteiger partial charge in [0.2, 0.25) is 5.91 Å². The molecule has 1 fully saturated rings. The molecule has 1 saturated heterocycles. The molecule has 7 nitrogen and oxygen atoms in total. The van der Waals surface area contributed by atoms with E-state index in [1.165, 1.54) is 31.3 Å². The van der Waals surface area contributed by atoms with Crippen molar-refractivity contribution in [3.8, 4) is 0 Å². The summed E-state index contributed by atoms with van der Waals surface area (Å²) < 4.78 is 14.3. The monoisotopic (exact) mass is 400 g/mol. The van der Waals surface area contributed by atoms with Gasteiger partial charge in [-0.3, -0.25) is 14.4 Å². The molecular weight excluding hydrogens is 375 g/mol. The van der Waals surface area contributed by atoms with Crippen molar-refractivity contribution in [3.05, 3.63) is 57.8 Å². The summed E-state index contributed by atoms with van der Waals surface area (Å²) in [6.07, 6.45) is 2.81. The molecule has 29 heavy (non-hydrogen) atoms. The van der Waals surface area contributed by atoms with Crippen LogP contribution < -0.4 is 10.9 Å². The molecule has 2 amide bonds. The van der Waals surface area contributed by atoms with Gasteiger partial charge in [0, 0.05) is 38.3 Å². The molecule has 1 aliphatic heterocycles. The van der Waals surface area contributed by atoms with Crippen LogP contribution in [0, 0.1) is 18.7 Å². The Morgan fingerprint density at radius 1 is 1.28 bits per heavy atom. The Balaban J connectivity index is 1.54. The maximum Gasteiger partial charge on any atom is 0.274 e. The normalized spacial score (nSPS) is 16.5. The molecule has 154 valence electrons. The van der Waals surface area contributed by atoms with Gasteiger partial charge in [0.1, 0.15) is 11.5 Å². The number of benzene rings is 1. The Kier molecular flexibility index (Phi) is 6.41. The highest BCUT2D eigenvalue weighted by Crippen LogP contribution is 2.23. The van der Waals surface area contributed by atoms with E-state index in [4.69, 9.17) is 0 Å². The lowest BCUT2D eigenvalue weighted by Crippen LogP contribution is -2.41. The van der Waals surface area contributed by atoms with Gasteiger partial charge in [-0.2, -0.15) is 5.10 Å². The minimum atomic E-state index is -0.333. The van der Waals surface area contributed by atoms with E-state index >= 15 is 0 Å². The molecule has 0 unspecified atom stereocenters. The van der Waals surface area contributed by atoms with E-state index in [1.54, 1.807) is 17.9 Å². The summed E-state index contributed by atoms with van der Waals surface area (Å²) in [6, 6.07) is 7.05. The summed E-state index contributed by atoms with van der Waals surface area (Å²) in [7, 11) is 1.51. The lowest BCUT2D eigenvalue weighted by Gasteiger charge is -2.32. The molecule has 3 rings (SSSR count). The van der Waals surface area contributed by atoms with Gasteiger partial charge in [0.25, 0.3) is 11.5 Å². The first-order valence-corrected chi connectivity index (χ1v) is 9.73. The van der Waals surface area contributed by atoms with Crippen LogP contribution in [0.2, 0.25) is 0 Å². The number of halogens is 1. The fourth-order valence-electron chi connectivity index (χ4n) is 3.58. The zero-order valence-corrected chi connectivity index (χ0v) is 16.7. The average Bonchev–Trinajstić information content (AvgIpc) is 2.70. The molecular formula is C21H25FN4O3. The van der Waals surface area contributed by atoms with Crippen LogP contribution in [0.5, 0.6) is 0 Å². The van der Waals surface area contributed by atoms with Crippen molar-refractivity contribution in [1.29, 1.82) is 0 Å². The second-order valence-corrected chi connectivity index (χ2v) is 7.49. The summed E-state index contributed by atoms with van der Waals surface area (Å²) in [5.74, 6) is -0.430. The van der Waals surface area contributed by atoms with Crippen molar-refractivity contribution in [3.63, 3.8) is 0 Å². The number of anilines is 1. The molecule has 0 radical (unpaired) electrons. The van der Waals surface area contributed by atoms with E-state index in [1.807, 2.05) is 0 Å². The molecule has 1 N–H and O–H groups in total. The molecule has 2 heterocycles. The number of carbonyl (C=O) groups is 2. The Morgan fingerprint density at radius 2 is 2.07 bits per heavy atom. The molecule has 1 aliphatic rings. The quantitative estimate of drug-likeness (QED) is 0.836. The number of amides is 2. The zero-order chi connectivity index (χ0) is 21.0. The molecule has 0 aliphatic carbocycles. The average molecular weight is 400 g/mol. The van der Waals surface area contributed by atoms with E-state index in [9.17, 15) is 18.8 Å². The van der Waals surface area contributed by atoms with Crippen LogP contribution in [0.15, 0.2) is 35.1 Å². The van der Waals surface area contributed by atoms with Gasteiger partial charge in [0.05, 0.1) is 0 Å². The van der Waals surface area contributed by atoms with Crippen LogP contribution in [-0.4, -0.2) is 39.6 Å². The maximum absolute atomic E-state index is 13.2. The molecule has 1 atom stereocenters. The highest BCUT2D eigenvalue weighted by molar-refractivity contribution is 5.92. The smallest absolute Gasteiger partial charge is 0.274 e. The van der Waals surface area contributed by atoms with Crippen LogP contribution in [0.25, 0.3) is 0 Å². The van der Waals surface area contributed by atoms with Crippen molar-refractivity contribution >= 4 is 17.5 Å². The minimum Gasteiger partial charge on any atom is -0.337 e. The highest BCUT2D eigenvalue weighted by atomic mass is 19.1. The van der Waals surface area contributed by atoms with E-state index in [0.717, 1.165) is 17.5 Å². The Hall–Kier alpha value is -3.03. The van der Waals surface area contributed by atoms with Crippen LogP contribution in [-0.2, 0) is 11.8 Å². The predicted octanol–water partition coefficient (Wildman–Crippen LogP) is 2.50. The number of hydrogen-bond donors (Lipinski definition) is 1. The molecule has 1 aromatic carbocycles. The fourth-order valence-corrected chi connectivity index (χ4v) is 3.58. The number of likely N-dealkylation sites (tertiary alicyclic amines) is 1. The van der Waals surface area contributed by atoms with Gasteiger partial charge >= 0.3 is 0 Å². The van der Waals surface area contributed by atoms with Crippen molar-refractivity contribution in [2.45, 2.75) is 32.6 Å². The molecule has 2 aromatic rings. The van der Waals surface area contributed by atoms with Crippen LogP contribution in [0.3, 0.4) is 0 Å². The summed E-state index contributed by atoms with van der Waals surface area (Å²) in [4.78, 5) is 38.2. The highest BCUT2D eigenvalue weighted by Gasteiger charge is 2.26. The van der Waals surface area contributed by atoms with Crippen LogP contribution in [0.1, 0.15) is 41.7 Å². The van der Waals surface area contributed by atoms with Gasteiger partial charge in [-0.1, -0.05) is 0 Å². The number of rotatable bonds is 5. The second kappa shape index (κ2) is 8.98. The van der Waals surface area contributed by atoms with Gasteiger partial charge in [-0.15, -0.1) is 0 Å². The van der Waals surface area contributed by atoms with Crippen LogP contribution >= 0.6 is 0 Å². The molecule has 1 aromatic heterocycles. The number of piperidine rings is 1. The SMILES string of the molecule is Cc1cc(F)ccc1NC(=O)CC[C@H]1CCCN(C(=O)c2ccc(=O)n(C)n2)C1. The molecule has 0 bridgehead atoms. The standard InChI is InChI=1S/C21H25FN4O3/c1-14-12-16(22)6-7-17(14)23-19(27)9-5-15-4-3-11-26(13-15)21(29)18-8-10-20(28)25(2)24-18/h6-8,10,12,15H,3-5,9,11,13H2,1-2H3,(H,23,27)/t15-/m1/s1. The summed E-state index contributed by atoms with van der Waals surface area (Å²) >= 11 is 0. The maximum atomic E-state index is 13.2. The van der Waals surface area contributed by atoms with Gasteiger partial charge in [0.15, 0.2) is 0 Å². The Bertz CT molecular complexity index is 973. The number of carbonyl (C=O) groups excluding carboxylic acids is 2. The topological polar surface area (TPSA) is 84.3 Å². The first-order valence-electron chi connectivity index (χ1n) is 9.73. The molecule has 0 spiro atoms. The number of aryl methyl sites for hydroxylation is 2. The lowest BCUT2D eigenvalue weighted by molar-refractivity contribution is -0.116. The van der Waals surface area contributed by atoms with E-state index < -0.39 is 0 Å². The number of hydrogen-bond acceptors (Lipinski definition) is 4. The summed E-state index contributed by atoms with van der Waals surface area (Å²) in [5.41, 5.74) is 1.27. The van der Waals surface area contributed by atoms with E-state index in [0.29, 0.717) is 37.2 Å². The van der Waals surface area contributed by atoms with Gasteiger partial charge < -0.3 is 10.2 Å². The van der Waals surface area contributed by atoms with Crippen molar-refractivity contribution in [1.82, 2.24) is 14.7 Å². The van der Waals surface area contributed by atoms with Crippen LogP contribution in [0.4, 0.5) is 10.1 Å².